The number of rotatable bonds is 0. The van der Waals surface area contributed by atoms with Crippen molar-refractivity contribution in [3.05, 3.63) is 0 Å². The Bertz CT molecular complexity index is 19.1. The highest BCUT2D eigenvalue weighted by Crippen LogP contribution is 1.42. The van der Waals surface area contributed by atoms with E-state index in [9.17, 15) is 0 Å². The molecule has 0 unspecified atom stereocenters. The number of hydrazine groups is 3. The van der Waals surface area contributed by atoms with E-state index >= 15 is 0 Å². The zero-order valence-electron chi connectivity index (χ0n) is 2.71. The number of hydrogen-bond acceptors (Lipinski definition) is 4. The van der Waals surface area contributed by atoms with Gasteiger partial charge in [-0.05, 0) is 11.0 Å². The van der Waals surface area contributed by atoms with E-state index in [2.05, 4.69) is 21.9 Å². The zero-order valence-corrected chi connectivity index (χ0v) is 2.71. The van der Waals surface area contributed by atoms with Crippen molar-refractivity contribution in [3.8, 4) is 0 Å². The van der Waals surface area contributed by atoms with Gasteiger partial charge in [-0.25, -0.2) is 10.9 Å². The standard InChI is InChI=1S/CH6N4.H4Si/c1-2-4-5-3-1;/h2-5H,1H2;1H4. The van der Waals surface area contributed by atoms with E-state index in [0.29, 0.717) is 0 Å². The zero-order chi connectivity index (χ0) is 3.54. The quantitative estimate of drug-likeness (QED) is 0.243. The Balaban J connectivity index is 0.000000250. The first-order valence-corrected chi connectivity index (χ1v) is 1.46. The van der Waals surface area contributed by atoms with Crippen molar-refractivity contribution < 1.29 is 0 Å². The molecule has 1 aliphatic rings. The van der Waals surface area contributed by atoms with Gasteiger partial charge in [0.25, 0.3) is 0 Å². The molecule has 38 valence electrons. The van der Waals surface area contributed by atoms with Gasteiger partial charge in [0.2, 0.25) is 0 Å². The topological polar surface area (TPSA) is 48.1 Å². The Labute approximate surface area is 40.6 Å². The Morgan fingerprint density at radius 3 is 1.67 bits per heavy atom. The minimum Gasteiger partial charge on any atom is -0.228 e. The van der Waals surface area contributed by atoms with E-state index in [-0.39, 0.29) is 11.0 Å². The summed E-state index contributed by atoms with van der Waals surface area (Å²) in [7, 11) is 0. The van der Waals surface area contributed by atoms with Crippen LogP contribution >= 0.6 is 0 Å². The Hall–Kier alpha value is 0.0569. The summed E-state index contributed by atoms with van der Waals surface area (Å²) in [4.78, 5) is 0. The number of nitrogens with one attached hydrogen (secondary N) is 4. The Kier molecular flexibility index (Phi) is 3.29. The molecule has 1 saturated heterocycles. The fourth-order valence-electron chi connectivity index (χ4n) is 0.221. The molecule has 0 spiro atoms. The van der Waals surface area contributed by atoms with Crippen LogP contribution in [0.25, 0.3) is 0 Å². The molecule has 6 heavy (non-hydrogen) atoms. The Morgan fingerprint density at radius 2 is 1.50 bits per heavy atom. The fourth-order valence-corrected chi connectivity index (χ4v) is 0.221. The highest BCUT2D eigenvalue weighted by atomic mass is 28.1. The largest absolute Gasteiger partial charge is 0.228 e. The molecule has 0 aliphatic carbocycles. The van der Waals surface area contributed by atoms with Crippen LogP contribution in [-0.4, -0.2) is 17.6 Å². The molecule has 1 rings (SSSR count). The van der Waals surface area contributed by atoms with Crippen molar-refractivity contribution in [2.45, 2.75) is 0 Å². The maximum absolute atomic E-state index is 2.75. The third-order valence-electron chi connectivity index (χ3n) is 0.416. The average molecular weight is 106 g/mol. The molecule has 1 aliphatic heterocycles. The highest BCUT2D eigenvalue weighted by Gasteiger charge is 1.86. The van der Waals surface area contributed by atoms with E-state index in [4.69, 9.17) is 0 Å². The smallest absolute Gasteiger partial charge is 0.0748 e. The van der Waals surface area contributed by atoms with Gasteiger partial charge in [0.05, 0.1) is 6.67 Å². The van der Waals surface area contributed by atoms with Crippen molar-refractivity contribution in [1.29, 1.82) is 0 Å². The van der Waals surface area contributed by atoms with Crippen LogP contribution in [0.5, 0.6) is 0 Å². The van der Waals surface area contributed by atoms with Gasteiger partial charge >= 0.3 is 0 Å². The first kappa shape index (κ1) is 6.06. The molecular weight excluding hydrogens is 96.1 g/mol. The van der Waals surface area contributed by atoms with E-state index in [0.717, 1.165) is 6.67 Å². The van der Waals surface area contributed by atoms with Crippen molar-refractivity contribution in [3.63, 3.8) is 0 Å². The summed E-state index contributed by atoms with van der Waals surface area (Å²) in [6.45, 7) is 0.778. The molecule has 4 nitrogen and oxygen atoms in total. The molecule has 1 fully saturated rings. The fraction of sp³-hybridized carbons (Fsp3) is 1.00. The van der Waals surface area contributed by atoms with Crippen LogP contribution in [0.1, 0.15) is 0 Å². The third kappa shape index (κ3) is 1.48. The van der Waals surface area contributed by atoms with Gasteiger partial charge in [0.1, 0.15) is 0 Å². The molecule has 0 aromatic carbocycles. The second-order valence-corrected chi connectivity index (χ2v) is 0.780. The Morgan fingerprint density at radius 1 is 1.00 bits per heavy atom. The lowest BCUT2D eigenvalue weighted by Crippen LogP contribution is -2.33. The van der Waals surface area contributed by atoms with Crippen LogP contribution in [0.15, 0.2) is 0 Å². The van der Waals surface area contributed by atoms with Crippen LogP contribution in [0.3, 0.4) is 0 Å². The lowest BCUT2D eigenvalue weighted by Gasteiger charge is -1.81. The predicted octanol–water partition coefficient (Wildman–Crippen LogP) is -3.39. The summed E-state index contributed by atoms with van der Waals surface area (Å²) in [6.07, 6.45) is 0. The number of hydrogen-bond donors (Lipinski definition) is 4. The summed E-state index contributed by atoms with van der Waals surface area (Å²) in [5.41, 5.74) is 10.7. The SMILES string of the molecule is C1NNNN1.[SiH4]. The lowest BCUT2D eigenvalue weighted by atomic mass is 11.2. The summed E-state index contributed by atoms with van der Waals surface area (Å²) >= 11 is 0. The maximum Gasteiger partial charge on any atom is 0.0748 e. The molecular formula is CH10N4Si. The predicted molar refractivity (Wildman–Crippen MR) is 28.7 cm³/mol. The first-order valence-electron chi connectivity index (χ1n) is 1.46. The van der Waals surface area contributed by atoms with Gasteiger partial charge in [-0.1, -0.05) is 0 Å². The molecule has 0 radical (unpaired) electrons. The van der Waals surface area contributed by atoms with Gasteiger partial charge in [-0.3, -0.25) is 0 Å². The summed E-state index contributed by atoms with van der Waals surface area (Å²) in [5.74, 6) is 0. The van der Waals surface area contributed by atoms with Crippen LogP contribution in [0.2, 0.25) is 0 Å². The molecule has 0 atom stereocenters. The van der Waals surface area contributed by atoms with E-state index in [1.807, 2.05) is 0 Å². The van der Waals surface area contributed by atoms with E-state index < -0.39 is 0 Å². The van der Waals surface area contributed by atoms with Gasteiger partial charge in [0, 0.05) is 0 Å². The van der Waals surface area contributed by atoms with Crippen molar-refractivity contribution in [1.82, 2.24) is 21.9 Å². The minimum atomic E-state index is 0. The third-order valence-corrected chi connectivity index (χ3v) is 0.416. The van der Waals surface area contributed by atoms with Crippen molar-refractivity contribution in [2.24, 2.45) is 0 Å². The first-order chi connectivity index (χ1) is 2.50. The molecule has 0 saturated carbocycles. The van der Waals surface area contributed by atoms with Gasteiger partial charge in [-0.2, -0.15) is 11.1 Å². The van der Waals surface area contributed by atoms with E-state index in [1.54, 1.807) is 0 Å². The second kappa shape index (κ2) is 3.25. The molecule has 0 amide bonds. The molecule has 4 N–H and O–H groups in total. The van der Waals surface area contributed by atoms with Crippen LogP contribution in [-0.2, 0) is 0 Å². The lowest BCUT2D eigenvalue weighted by molar-refractivity contribution is 0.556. The van der Waals surface area contributed by atoms with Gasteiger partial charge < -0.3 is 0 Å². The summed E-state index contributed by atoms with van der Waals surface area (Å²) < 4.78 is 0. The van der Waals surface area contributed by atoms with Crippen LogP contribution in [0.4, 0.5) is 0 Å². The van der Waals surface area contributed by atoms with Crippen LogP contribution in [0, 0.1) is 0 Å². The van der Waals surface area contributed by atoms with Gasteiger partial charge in [0.15, 0.2) is 0 Å². The summed E-state index contributed by atoms with van der Waals surface area (Å²) in [5, 5.41) is 0. The molecule has 0 aromatic heterocycles. The molecule has 5 heteroatoms. The van der Waals surface area contributed by atoms with Crippen LogP contribution < -0.4 is 21.9 Å². The van der Waals surface area contributed by atoms with E-state index in [1.165, 1.54) is 0 Å². The van der Waals surface area contributed by atoms with Gasteiger partial charge in [-0.15, -0.1) is 0 Å². The molecule has 0 bridgehead atoms. The highest BCUT2D eigenvalue weighted by molar-refractivity contribution is 5.75. The average Bonchev–Trinajstić information content (AvgIpc) is 1.76. The second-order valence-electron chi connectivity index (χ2n) is 0.780. The van der Waals surface area contributed by atoms with Crippen molar-refractivity contribution in [2.75, 3.05) is 6.67 Å². The molecule has 0 aromatic rings. The minimum absolute atomic E-state index is 0. The monoisotopic (exact) mass is 106 g/mol. The normalized spacial score (nSPS) is 20.0. The summed E-state index contributed by atoms with van der Waals surface area (Å²) in [6, 6.07) is 0. The molecule has 1 heterocycles. The maximum atomic E-state index is 2.75. The van der Waals surface area contributed by atoms with Crippen molar-refractivity contribution >= 4 is 11.0 Å².